The van der Waals surface area contributed by atoms with Gasteiger partial charge in [-0.15, -0.1) is 0 Å². The Labute approximate surface area is 96.5 Å². The Morgan fingerprint density at radius 1 is 1.44 bits per heavy atom. The van der Waals surface area contributed by atoms with Crippen molar-refractivity contribution in [2.24, 2.45) is 0 Å². The fourth-order valence-electron chi connectivity index (χ4n) is 1.49. The van der Waals surface area contributed by atoms with E-state index in [2.05, 4.69) is 11.9 Å². The number of nitrogen functional groups attached to an aromatic ring is 1. The van der Waals surface area contributed by atoms with Gasteiger partial charge in [-0.25, -0.2) is 4.98 Å². The maximum Gasteiger partial charge on any atom is 0.228 e. The van der Waals surface area contributed by atoms with Crippen LogP contribution >= 0.6 is 0 Å². The average Bonchev–Trinajstić information content (AvgIpc) is 2.30. The van der Waals surface area contributed by atoms with Crippen LogP contribution in [0, 0.1) is 0 Å². The van der Waals surface area contributed by atoms with E-state index in [1.165, 1.54) is 0 Å². The number of nitrogens with zero attached hydrogens (tertiary/aromatic N) is 2. The number of nitrogens with two attached hydrogens (primary N) is 1. The molecule has 16 heavy (non-hydrogen) atoms. The van der Waals surface area contributed by atoms with Gasteiger partial charge in [0.1, 0.15) is 5.82 Å². The molecule has 0 aromatic carbocycles. The largest absolute Gasteiger partial charge is 0.397 e. The molecule has 0 unspecified atom stereocenters. The first-order chi connectivity index (χ1) is 7.69. The van der Waals surface area contributed by atoms with Crippen molar-refractivity contribution < 1.29 is 4.79 Å². The number of rotatable bonds is 5. The van der Waals surface area contributed by atoms with Crippen LogP contribution in [0.5, 0.6) is 0 Å². The molecule has 88 valence electrons. The Morgan fingerprint density at radius 2 is 2.19 bits per heavy atom. The molecule has 4 nitrogen and oxygen atoms in total. The summed E-state index contributed by atoms with van der Waals surface area (Å²) in [5.74, 6) is 0.805. The number of hydrogen-bond acceptors (Lipinski definition) is 3. The van der Waals surface area contributed by atoms with Crippen LogP contribution in [0.4, 0.5) is 11.5 Å². The molecule has 0 fully saturated rings. The van der Waals surface area contributed by atoms with Crippen LogP contribution in [-0.2, 0) is 4.79 Å². The summed E-state index contributed by atoms with van der Waals surface area (Å²) in [7, 11) is 0. The number of hydrogen-bond donors (Lipinski definition) is 1. The molecule has 0 aliphatic carbocycles. The highest BCUT2D eigenvalue weighted by molar-refractivity contribution is 5.92. The molecular weight excluding hydrogens is 202 g/mol. The van der Waals surface area contributed by atoms with Crippen molar-refractivity contribution in [3.63, 3.8) is 0 Å². The third-order valence-electron chi connectivity index (χ3n) is 2.41. The number of carbonyl (C=O) groups excluding carboxylic acids is 1. The Hall–Kier alpha value is -1.58. The number of unbranched alkanes of at least 4 members (excludes halogenated alkanes) is 1. The normalized spacial score (nSPS) is 10.1. The average molecular weight is 221 g/mol. The zero-order valence-corrected chi connectivity index (χ0v) is 9.94. The second-order valence-corrected chi connectivity index (χ2v) is 3.69. The van der Waals surface area contributed by atoms with Crippen LogP contribution in [0.15, 0.2) is 18.3 Å². The standard InChI is InChI=1S/C12H19N3O/c1-3-5-6-12(16)15(4-2)11-8-7-10(13)9-14-11/h7-9H,3-6,13H2,1-2H3. The SMILES string of the molecule is CCCCC(=O)N(CC)c1ccc(N)cn1. The smallest absolute Gasteiger partial charge is 0.228 e. The molecular formula is C12H19N3O. The van der Waals surface area contributed by atoms with E-state index in [9.17, 15) is 4.79 Å². The van der Waals surface area contributed by atoms with E-state index in [1.54, 1.807) is 23.2 Å². The van der Waals surface area contributed by atoms with Gasteiger partial charge in [0.05, 0.1) is 11.9 Å². The quantitative estimate of drug-likeness (QED) is 0.829. The van der Waals surface area contributed by atoms with Crippen molar-refractivity contribution in [1.29, 1.82) is 0 Å². The fraction of sp³-hybridized carbons (Fsp3) is 0.500. The highest BCUT2D eigenvalue weighted by Gasteiger charge is 2.13. The molecule has 0 aliphatic rings. The van der Waals surface area contributed by atoms with Crippen LogP contribution in [0.1, 0.15) is 33.1 Å². The Kier molecular flexibility index (Phi) is 4.76. The third-order valence-corrected chi connectivity index (χ3v) is 2.41. The minimum absolute atomic E-state index is 0.127. The van der Waals surface area contributed by atoms with Gasteiger partial charge in [-0.3, -0.25) is 9.69 Å². The molecule has 1 rings (SSSR count). The summed E-state index contributed by atoms with van der Waals surface area (Å²) in [4.78, 5) is 17.7. The maximum absolute atomic E-state index is 11.9. The summed E-state index contributed by atoms with van der Waals surface area (Å²) in [5, 5.41) is 0. The minimum Gasteiger partial charge on any atom is -0.397 e. The van der Waals surface area contributed by atoms with Crippen molar-refractivity contribution in [3.8, 4) is 0 Å². The highest BCUT2D eigenvalue weighted by atomic mass is 16.2. The molecule has 0 atom stereocenters. The monoisotopic (exact) mass is 221 g/mol. The zero-order chi connectivity index (χ0) is 12.0. The fourth-order valence-corrected chi connectivity index (χ4v) is 1.49. The van der Waals surface area contributed by atoms with E-state index in [1.807, 2.05) is 6.92 Å². The summed E-state index contributed by atoms with van der Waals surface area (Å²) < 4.78 is 0. The van der Waals surface area contributed by atoms with Crippen LogP contribution in [0.2, 0.25) is 0 Å². The molecule has 0 aliphatic heterocycles. The van der Waals surface area contributed by atoms with Crippen molar-refractivity contribution >= 4 is 17.4 Å². The number of carbonyl (C=O) groups is 1. The summed E-state index contributed by atoms with van der Waals surface area (Å²) in [6.45, 7) is 4.66. The predicted molar refractivity (Wildman–Crippen MR) is 66.2 cm³/mol. The van der Waals surface area contributed by atoms with E-state index in [-0.39, 0.29) is 5.91 Å². The van der Waals surface area contributed by atoms with Gasteiger partial charge in [-0.1, -0.05) is 13.3 Å². The molecule has 4 heteroatoms. The topological polar surface area (TPSA) is 59.2 Å². The van der Waals surface area contributed by atoms with Crippen LogP contribution < -0.4 is 10.6 Å². The lowest BCUT2D eigenvalue weighted by Gasteiger charge is -2.19. The lowest BCUT2D eigenvalue weighted by atomic mass is 10.2. The number of amides is 1. The summed E-state index contributed by atoms with van der Waals surface area (Å²) in [6.07, 6.45) is 4.10. The van der Waals surface area contributed by atoms with Gasteiger partial charge >= 0.3 is 0 Å². The number of aromatic nitrogens is 1. The van der Waals surface area contributed by atoms with Gasteiger partial charge in [-0.05, 0) is 25.5 Å². The molecule has 1 aromatic heterocycles. The molecule has 1 aromatic rings. The van der Waals surface area contributed by atoms with Gasteiger partial charge in [0.2, 0.25) is 5.91 Å². The minimum atomic E-state index is 0.127. The van der Waals surface area contributed by atoms with Gasteiger partial charge in [0.15, 0.2) is 0 Å². The molecule has 0 bridgehead atoms. The second kappa shape index (κ2) is 6.10. The lowest BCUT2D eigenvalue weighted by molar-refractivity contribution is -0.118. The third kappa shape index (κ3) is 3.22. The first kappa shape index (κ1) is 12.5. The van der Waals surface area contributed by atoms with Gasteiger partial charge in [-0.2, -0.15) is 0 Å². The first-order valence-electron chi connectivity index (χ1n) is 5.71. The summed E-state index contributed by atoms with van der Waals surface area (Å²) in [6, 6.07) is 3.54. The Morgan fingerprint density at radius 3 is 2.69 bits per heavy atom. The van der Waals surface area contributed by atoms with Crippen molar-refractivity contribution in [2.75, 3.05) is 17.2 Å². The van der Waals surface area contributed by atoms with Crippen molar-refractivity contribution in [2.45, 2.75) is 33.1 Å². The highest BCUT2D eigenvalue weighted by Crippen LogP contribution is 2.14. The zero-order valence-electron chi connectivity index (χ0n) is 9.94. The van der Waals surface area contributed by atoms with E-state index in [0.29, 0.717) is 24.5 Å². The van der Waals surface area contributed by atoms with Gasteiger partial charge < -0.3 is 5.73 Å². The molecule has 2 N–H and O–H groups in total. The molecule has 1 amide bonds. The van der Waals surface area contributed by atoms with Crippen LogP contribution in [-0.4, -0.2) is 17.4 Å². The van der Waals surface area contributed by atoms with Crippen LogP contribution in [0.25, 0.3) is 0 Å². The molecule has 0 radical (unpaired) electrons. The molecule has 0 saturated heterocycles. The van der Waals surface area contributed by atoms with E-state index in [4.69, 9.17) is 5.73 Å². The van der Waals surface area contributed by atoms with E-state index >= 15 is 0 Å². The van der Waals surface area contributed by atoms with Gasteiger partial charge in [0, 0.05) is 13.0 Å². The molecule has 0 spiro atoms. The Bertz CT molecular complexity index is 335. The van der Waals surface area contributed by atoms with Crippen molar-refractivity contribution in [1.82, 2.24) is 4.98 Å². The van der Waals surface area contributed by atoms with Crippen molar-refractivity contribution in [3.05, 3.63) is 18.3 Å². The summed E-state index contributed by atoms with van der Waals surface area (Å²) in [5.41, 5.74) is 6.17. The molecule has 1 heterocycles. The second-order valence-electron chi connectivity index (χ2n) is 3.69. The lowest BCUT2D eigenvalue weighted by Crippen LogP contribution is -2.31. The maximum atomic E-state index is 11.9. The predicted octanol–water partition coefficient (Wildman–Crippen LogP) is 2.21. The number of anilines is 2. The number of pyridine rings is 1. The van der Waals surface area contributed by atoms with E-state index in [0.717, 1.165) is 12.8 Å². The van der Waals surface area contributed by atoms with Gasteiger partial charge in [0.25, 0.3) is 0 Å². The molecule has 0 saturated carbocycles. The summed E-state index contributed by atoms with van der Waals surface area (Å²) >= 11 is 0. The van der Waals surface area contributed by atoms with Crippen LogP contribution in [0.3, 0.4) is 0 Å². The van der Waals surface area contributed by atoms with E-state index < -0.39 is 0 Å². The first-order valence-corrected chi connectivity index (χ1v) is 5.71. The Balaban J connectivity index is 2.73.